The first-order valence-corrected chi connectivity index (χ1v) is 6.84. The summed E-state index contributed by atoms with van der Waals surface area (Å²) < 4.78 is 5.17. The number of nitrogens with two attached hydrogens (primary N) is 1. The van der Waals surface area contributed by atoms with Crippen LogP contribution >= 0.6 is 0 Å². The van der Waals surface area contributed by atoms with Crippen LogP contribution in [0.15, 0.2) is 0 Å². The monoisotopic (exact) mass is 242 g/mol. The Morgan fingerprint density at radius 2 is 2.00 bits per heavy atom. The van der Waals surface area contributed by atoms with Crippen LogP contribution in [-0.4, -0.2) is 31.2 Å². The maximum atomic E-state index is 11.8. The number of rotatable bonds is 8. The van der Waals surface area contributed by atoms with Gasteiger partial charge in [-0.05, 0) is 12.8 Å². The van der Waals surface area contributed by atoms with Crippen molar-refractivity contribution < 1.29 is 9.53 Å². The molecule has 1 aliphatic rings. The molecule has 0 saturated carbocycles. The van der Waals surface area contributed by atoms with Gasteiger partial charge in [-0.15, -0.1) is 0 Å². The van der Waals surface area contributed by atoms with Crippen molar-refractivity contribution in [2.24, 2.45) is 5.73 Å². The number of ether oxygens (including phenoxy) is 1. The maximum absolute atomic E-state index is 11.8. The molecule has 0 bridgehead atoms. The summed E-state index contributed by atoms with van der Waals surface area (Å²) in [6.45, 7) is 3.91. The molecule has 1 amide bonds. The predicted molar refractivity (Wildman–Crippen MR) is 68.7 cm³/mol. The van der Waals surface area contributed by atoms with E-state index in [9.17, 15) is 4.79 Å². The summed E-state index contributed by atoms with van der Waals surface area (Å²) >= 11 is 0. The number of hydrogen-bond donors (Lipinski definition) is 2. The van der Waals surface area contributed by atoms with E-state index in [1.807, 2.05) is 0 Å². The fourth-order valence-corrected chi connectivity index (χ4v) is 2.04. The van der Waals surface area contributed by atoms with Crippen molar-refractivity contribution >= 4 is 5.91 Å². The molecule has 0 aromatic carbocycles. The Balaban J connectivity index is 2.00. The molecule has 1 heterocycles. The van der Waals surface area contributed by atoms with Crippen molar-refractivity contribution in [3.05, 3.63) is 0 Å². The minimum atomic E-state index is -0.776. The lowest BCUT2D eigenvalue weighted by atomic mass is 9.99. The Morgan fingerprint density at radius 3 is 2.65 bits per heavy atom. The summed E-state index contributed by atoms with van der Waals surface area (Å²) in [5, 5.41) is 2.91. The Hall–Kier alpha value is -0.610. The van der Waals surface area contributed by atoms with Crippen LogP contribution in [-0.2, 0) is 9.53 Å². The number of unbranched alkanes of at least 4 members (excludes halogenated alkanes) is 5. The van der Waals surface area contributed by atoms with Crippen molar-refractivity contribution in [2.45, 2.75) is 57.4 Å². The average molecular weight is 242 g/mol. The summed E-state index contributed by atoms with van der Waals surface area (Å²) in [6, 6.07) is 0. The highest BCUT2D eigenvalue weighted by molar-refractivity contribution is 5.86. The standard InChI is InChI=1S/C13H26N2O2/c1-2-3-4-5-6-7-9-15-12(16)13(14)8-10-17-11-13/h2-11,14H2,1H3,(H,15,16). The van der Waals surface area contributed by atoms with Gasteiger partial charge in [0.05, 0.1) is 6.61 Å². The summed E-state index contributed by atoms with van der Waals surface area (Å²) in [5.41, 5.74) is 5.17. The van der Waals surface area contributed by atoms with Crippen LogP contribution in [0, 0.1) is 0 Å². The molecule has 1 atom stereocenters. The lowest BCUT2D eigenvalue weighted by Gasteiger charge is -2.20. The molecule has 0 radical (unpaired) electrons. The van der Waals surface area contributed by atoms with Crippen molar-refractivity contribution in [2.75, 3.05) is 19.8 Å². The molecule has 0 aromatic rings. The van der Waals surface area contributed by atoms with Crippen LogP contribution in [0.4, 0.5) is 0 Å². The number of nitrogens with one attached hydrogen (secondary N) is 1. The zero-order valence-corrected chi connectivity index (χ0v) is 11.0. The molecule has 1 saturated heterocycles. The fraction of sp³-hybridized carbons (Fsp3) is 0.923. The molecule has 4 heteroatoms. The molecule has 17 heavy (non-hydrogen) atoms. The molecule has 4 nitrogen and oxygen atoms in total. The van der Waals surface area contributed by atoms with Gasteiger partial charge in [-0.2, -0.15) is 0 Å². The summed E-state index contributed by atoms with van der Waals surface area (Å²) in [5.74, 6) is -0.0523. The second-order valence-corrected chi connectivity index (χ2v) is 4.98. The Morgan fingerprint density at radius 1 is 1.29 bits per heavy atom. The van der Waals surface area contributed by atoms with Gasteiger partial charge in [-0.1, -0.05) is 39.0 Å². The zero-order valence-electron chi connectivity index (χ0n) is 11.0. The first-order valence-electron chi connectivity index (χ1n) is 6.84. The van der Waals surface area contributed by atoms with Gasteiger partial charge in [0.2, 0.25) is 5.91 Å². The quantitative estimate of drug-likeness (QED) is 0.635. The van der Waals surface area contributed by atoms with E-state index in [2.05, 4.69) is 12.2 Å². The van der Waals surface area contributed by atoms with Gasteiger partial charge in [-0.25, -0.2) is 0 Å². The fourth-order valence-electron chi connectivity index (χ4n) is 2.04. The highest BCUT2D eigenvalue weighted by Crippen LogP contribution is 2.15. The second kappa shape index (κ2) is 7.67. The van der Waals surface area contributed by atoms with Gasteiger partial charge in [0.1, 0.15) is 5.54 Å². The van der Waals surface area contributed by atoms with Crippen molar-refractivity contribution in [1.29, 1.82) is 0 Å². The average Bonchev–Trinajstić information content (AvgIpc) is 2.76. The minimum Gasteiger partial charge on any atom is -0.379 e. The van der Waals surface area contributed by atoms with Gasteiger partial charge in [0.15, 0.2) is 0 Å². The van der Waals surface area contributed by atoms with E-state index in [0.29, 0.717) is 19.6 Å². The van der Waals surface area contributed by atoms with E-state index in [-0.39, 0.29) is 5.91 Å². The van der Waals surface area contributed by atoms with E-state index in [1.54, 1.807) is 0 Å². The lowest BCUT2D eigenvalue weighted by molar-refractivity contribution is -0.126. The normalized spacial score (nSPS) is 23.9. The minimum absolute atomic E-state index is 0.0523. The first-order chi connectivity index (χ1) is 8.19. The van der Waals surface area contributed by atoms with Gasteiger partial charge < -0.3 is 15.8 Å². The summed E-state index contributed by atoms with van der Waals surface area (Å²) in [4.78, 5) is 11.8. The Kier molecular flexibility index (Phi) is 6.52. The van der Waals surface area contributed by atoms with Crippen molar-refractivity contribution in [3.8, 4) is 0 Å². The molecular weight excluding hydrogens is 216 g/mol. The predicted octanol–water partition coefficient (Wildman–Crippen LogP) is 1.58. The number of amides is 1. The SMILES string of the molecule is CCCCCCCCNC(=O)C1(N)CCOC1. The van der Waals surface area contributed by atoms with Crippen molar-refractivity contribution in [1.82, 2.24) is 5.32 Å². The Labute approximate surface area is 104 Å². The molecule has 1 unspecified atom stereocenters. The van der Waals surface area contributed by atoms with Gasteiger partial charge in [-0.3, -0.25) is 4.79 Å². The highest BCUT2D eigenvalue weighted by atomic mass is 16.5. The van der Waals surface area contributed by atoms with Crippen LogP contribution in [0.5, 0.6) is 0 Å². The summed E-state index contributed by atoms with van der Waals surface area (Å²) in [6.07, 6.45) is 8.03. The van der Waals surface area contributed by atoms with E-state index >= 15 is 0 Å². The smallest absolute Gasteiger partial charge is 0.242 e. The van der Waals surface area contributed by atoms with Gasteiger partial charge in [0, 0.05) is 13.2 Å². The van der Waals surface area contributed by atoms with E-state index in [0.717, 1.165) is 13.0 Å². The molecule has 1 rings (SSSR count). The largest absolute Gasteiger partial charge is 0.379 e. The first kappa shape index (κ1) is 14.5. The van der Waals surface area contributed by atoms with Crippen LogP contribution in [0.3, 0.4) is 0 Å². The third-order valence-electron chi connectivity index (χ3n) is 3.32. The maximum Gasteiger partial charge on any atom is 0.242 e. The molecule has 100 valence electrons. The molecule has 0 aromatic heterocycles. The molecule has 3 N–H and O–H groups in total. The van der Waals surface area contributed by atoms with Crippen LogP contribution in [0.1, 0.15) is 51.9 Å². The Bertz CT molecular complexity index is 225. The van der Waals surface area contributed by atoms with Crippen LogP contribution in [0.25, 0.3) is 0 Å². The topological polar surface area (TPSA) is 64.4 Å². The molecule has 0 spiro atoms. The third kappa shape index (κ3) is 5.04. The number of carbonyl (C=O) groups excluding carboxylic acids is 1. The molecule has 1 aliphatic heterocycles. The van der Waals surface area contributed by atoms with Gasteiger partial charge >= 0.3 is 0 Å². The number of hydrogen-bond acceptors (Lipinski definition) is 3. The number of carbonyl (C=O) groups is 1. The summed E-state index contributed by atoms with van der Waals surface area (Å²) in [7, 11) is 0. The molecular formula is C13H26N2O2. The van der Waals surface area contributed by atoms with E-state index in [4.69, 9.17) is 10.5 Å². The van der Waals surface area contributed by atoms with Crippen molar-refractivity contribution in [3.63, 3.8) is 0 Å². The molecule has 1 fully saturated rings. The highest BCUT2D eigenvalue weighted by Gasteiger charge is 2.37. The second-order valence-electron chi connectivity index (χ2n) is 4.98. The van der Waals surface area contributed by atoms with E-state index in [1.165, 1.54) is 32.1 Å². The van der Waals surface area contributed by atoms with Gasteiger partial charge in [0.25, 0.3) is 0 Å². The van der Waals surface area contributed by atoms with Crippen LogP contribution in [0.2, 0.25) is 0 Å². The molecule has 0 aliphatic carbocycles. The lowest BCUT2D eigenvalue weighted by Crippen LogP contribution is -2.54. The third-order valence-corrected chi connectivity index (χ3v) is 3.32. The zero-order chi connectivity index (χ0) is 12.6. The van der Waals surface area contributed by atoms with E-state index < -0.39 is 5.54 Å². The van der Waals surface area contributed by atoms with Crippen LogP contribution < -0.4 is 11.1 Å².